The molecule has 0 unspecified atom stereocenters. The van der Waals surface area contributed by atoms with E-state index in [2.05, 4.69) is 11.9 Å². The molecule has 0 saturated heterocycles. The molecule has 0 spiro atoms. The molecule has 1 saturated carbocycles. The Morgan fingerprint density at radius 3 is 3.11 bits per heavy atom. The van der Waals surface area contributed by atoms with Crippen molar-refractivity contribution in [1.29, 1.82) is 0 Å². The van der Waals surface area contributed by atoms with Gasteiger partial charge in [0.15, 0.2) is 0 Å². The van der Waals surface area contributed by atoms with E-state index in [1.54, 1.807) is 0 Å². The average Bonchev–Trinajstić information content (AvgIpc) is 2.22. The summed E-state index contributed by atoms with van der Waals surface area (Å²) in [4.78, 5) is 4.57. The third-order valence-corrected chi connectivity index (χ3v) is 2.56. The van der Waals surface area contributed by atoms with Crippen LogP contribution < -0.4 is 0 Å². The fourth-order valence-electron chi connectivity index (χ4n) is 2.14. The second-order valence-corrected chi connectivity index (χ2v) is 3.33. The Labute approximate surface area is 56.2 Å². The van der Waals surface area contributed by atoms with Crippen LogP contribution in [0.2, 0.25) is 0 Å². The van der Waals surface area contributed by atoms with E-state index in [1.165, 1.54) is 31.4 Å². The second kappa shape index (κ2) is 1.83. The first kappa shape index (κ1) is 5.45. The summed E-state index contributed by atoms with van der Waals surface area (Å²) in [5, 5.41) is 0. The quantitative estimate of drug-likeness (QED) is 0.467. The summed E-state index contributed by atoms with van der Waals surface area (Å²) in [5.41, 5.74) is 1.39. The van der Waals surface area contributed by atoms with Crippen LogP contribution in [0.15, 0.2) is 4.99 Å². The minimum Gasteiger partial charge on any atom is -0.291 e. The fraction of sp³-hybridized carbons (Fsp3) is 0.875. The topological polar surface area (TPSA) is 12.4 Å². The SMILES string of the molecule is CC1=N[C@@H]2CCC[C@H]2C1. The molecule has 0 N–H and O–H groups in total. The van der Waals surface area contributed by atoms with Crippen molar-refractivity contribution >= 4 is 5.71 Å². The van der Waals surface area contributed by atoms with Gasteiger partial charge in [-0.1, -0.05) is 6.42 Å². The van der Waals surface area contributed by atoms with Gasteiger partial charge in [-0.3, -0.25) is 4.99 Å². The molecule has 50 valence electrons. The van der Waals surface area contributed by atoms with Crippen LogP contribution in [0, 0.1) is 5.92 Å². The van der Waals surface area contributed by atoms with Crippen LogP contribution in [0.3, 0.4) is 0 Å². The Bertz CT molecular complexity index is 149. The molecule has 0 aromatic heterocycles. The van der Waals surface area contributed by atoms with Crippen LogP contribution in [0.4, 0.5) is 0 Å². The van der Waals surface area contributed by atoms with E-state index in [4.69, 9.17) is 0 Å². The van der Waals surface area contributed by atoms with Gasteiger partial charge in [-0.2, -0.15) is 0 Å². The summed E-state index contributed by atoms with van der Waals surface area (Å²) in [6, 6.07) is 0.741. The van der Waals surface area contributed by atoms with E-state index in [1.807, 2.05) is 0 Å². The Morgan fingerprint density at radius 2 is 2.33 bits per heavy atom. The number of fused-ring (bicyclic) bond motifs is 1. The largest absolute Gasteiger partial charge is 0.291 e. The highest BCUT2D eigenvalue weighted by Gasteiger charge is 2.31. The molecule has 1 heterocycles. The number of hydrogen-bond acceptors (Lipinski definition) is 1. The van der Waals surface area contributed by atoms with Gasteiger partial charge < -0.3 is 0 Å². The lowest BCUT2D eigenvalue weighted by Crippen LogP contribution is -2.03. The maximum Gasteiger partial charge on any atom is 0.0530 e. The van der Waals surface area contributed by atoms with Gasteiger partial charge in [0, 0.05) is 5.71 Å². The molecule has 0 aromatic rings. The van der Waals surface area contributed by atoms with Gasteiger partial charge in [-0.05, 0) is 32.1 Å². The molecule has 9 heavy (non-hydrogen) atoms. The Hall–Kier alpha value is -0.330. The molecule has 1 aliphatic carbocycles. The number of rotatable bonds is 0. The first-order valence-electron chi connectivity index (χ1n) is 3.89. The molecule has 2 atom stereocenters. The van der Waals surface area contributed by atoms with Gasteiger partial charge >= 0.3 is 0 Å². The molecule has 1 heteroatoms. The maximum absolute atomic E-state index is 4.57. The lowest BCUT2D eigenvalue weighted by atomic mass is 10.0. The third kappa shape index (κ3) is 0.790. The van der Waals surface area contributed by atoms with Crippen LogP contribution in [0.5, 0.6) is 0 Å². The zero-order valence-electron chi connectivity index (χ0n) is 5.93. The third-order valence-electron chi connectivity index (χ3n) is 2.56. The summed E-state index contributed by atoms with van der Waals surface area (Å²) >= 11 is 0. The van der Waals surface area contributed by atoms with Gasteiger partial charge in [0.25, 0.3) is 0 Å². The number of hydrogen-bond donors (Lipinski definition) is 0. The molecule has 0 aromatic carbocycles. The molecule has 2 aliphatic rings. The second-order valence-electron chi connectivity index (χ2n) is 3.33. The molecule has 1 nitrogen and oxygen atoms in total. The minimum absolute atomic E-state index is 0.741. The molecular formula is C8H13N. The molecule has 0 bridgehead atoms. The van der Waals surface area contributed by atoms with Crippen LogP contribution >= 0.6 is 0 Å². The first-order valence-corrected chi connectivity index (χ1v) is 3.89. The molecule has 1 aliphatic heterocycles. The zero-order valence-corrected chi connectivity index (χ0v) is 5.93. The van der Waals surface area contributed by atoms with E-state index in [9.17, 15) is 0 Å². The van der Waals surface area contributed by atoms with Crippen molar-refractivity contribution in [1.82, 2.24) is 0 Å². The van der Waals surface area contributed by atoms with Crippen LogP contribution in [-0.2, 0) is 0 Å². The summed E-state index contributed by atoms with van der Waals surface area (Å²) < 4.78 is 0. The Kier molecular flexibility index (Phi) is 1.11. The van der Waals surface area contributed by atoms with E-state index in [-0.39, 0.29) is 0 Å². The van der Waals surface area contributed by atoms with Crippen molar-refractivity contribution in [2.45, 2.75) is 38.6 Å². The first-order chi connectivity index (χ1) is 4.36. The van der Waals surface area contributed by atoms with Crippen molar-refractivity contribution in [3.63, 3.8) is 0 Å². The Morgan fingerprint density at radius 1 is 1.44 bits per heavy atom. The molecule has 0 amide bonds. The van der Waals surface area contributed by atoms with Crippen LogP contribution in [0.25, 0.3) is 0 Å². The fourth-order valence-corrected chi connectivity index (χ4v) is 2.14. The van der Waals surface area contributed by atoms with Crippen molar-refractivity contribution < 1.29 is 0 Å². The summed E-state index contributed by atoms with van der Waals surface area (Å²) in [6.07, 6.45) is 5.52. The van der Waals surface area contributed by atoms with Crippen molar-refractivity contribution in [3.05, 3.63) is 0 Å². The van der Waals surface area contributed by atoms with Crippen molar-refractivity contribution in [2.24, 2.45) is 10.9 Å². The van der Waals surface area contributed by atoms with Crippen LogP contribution in [0.1, 0.15) is 32.6 Å². The van der Waals surface area contributed by atoms with Crippen molar-refractivity contribution in [3.8, 4) is 0 Å². The zero-order chi connectivity index (χ0) is 6.27. The molecule has 0 radical (unpaired) electrons. The normalized spacial score (nSPS) is 40.8. The van der Waals surface area contributed by atoms with E-state index < -0.39 is 0 Å². The highest BCUT2D eigenvalue weighted by Crippen LogP contribution is 2.35. The Balaban J connectivity index is 2.13. The number of aliphatic imine (C=N–C) groups is 1. The highest BCUT2D eigenvalue weighted by atomic mass is 14.9. The average molecular weight is 123 g/mol. The monoisotopic (exact) mass is 123 g/mol. The van der Waals surface area contributed by atoms with Crippen LogP contribution in [-0.4, -0.2) is 11.8 Å². The van der Waals surface area contributed by atoms with Gasteiger partial charge in [0.05, 0.1) is 6.04 Å². The maximum atomic E-state index is 4.57. The summed E-state index contributed by atoms with van der Waals surface area (Å²) in [5.74, 6) is 0.949. The van der Waals surface area contributed by atoms with E-state index in [0.717, 1.165) is 12.0 Å². The molecule has 1 fully saturated rings. The molecular weight excluding hydrogens is 110 g/mol. The lowest BCUT2D eigenvalue weighted by Gasteiger charge is -2.03. The predicted molar refractivity (Wildman–Crippen MR) is 38.9 cm³/mol. The minimum atomic E-state index is 0.741. The van der Waals surface area contributed by atoms with Gasteiger partial charge in [-0.25, -0.2) is 0 Å². The molecule has 2 rings (SSSR count). The lowest BCUT2D eigenvalue weighted by molar-refractivity contribution is 0.536. The highest BCUT2D eigenvalue weighted by molar-refractivity contribution is 5.84. The van der Waals surface area contributed by atoms with Gasteiger partial charge in [0.2, 0.25) is 0 Å². The van der Waals surface area contributed by atoms with E-state index in [0.29, 0.717) is 0 Å². The summed E-state index contributed by atoms with van der Waals surface area (Å²) in [7, 11) is 0. The smallest absolute Gasteiger partial charge is 0.0530 e. The summed E-state index contributed by atoms with van der Waals surface area (Å²) in [6.45, 7) is 2.16. The van der Waals surface area contributed by atoms with Crippen molar-refractivity contribution in [2.75, 3.05) is 0 Å². The van der Waals surface area contributed by atoms with Gasteiger partial charge in [-0.15, -0.1) is 0 Å². The number of nitrogens with zero attached hydrogens (tertiary/aromatic N) is 1. The standard InChI is InChI=1S/C8H13N/c1-6-5-7-3-2-4-8(7)9-6/h7-8H,2-5H2,1H3/t7-,8+/m0/s1. The van der Waals surface area contributed by atoms with E-state index >= 15 is 0 Å². The predicted octanol–water partition coefficient (Wildman–Crippen LogP) is 2.02. The van der Waals surface area contributed by atoms with Gasteiger partial charge in [0.1, 0.15) is 0 Å².